The van der Waals surface area contributed by atoms with Crippen molar-refractivity contribution in [1.82, 2.24) is 10.2 Å². The van der Waals surface area contributed by atoms with Crippen LogP contribution in [0.15, 0.2) is 77.3 Å². The van der Waals surface area contributed by atoms with Gasteiger partial charge in [-0.1, -0.05) is 30.6 Å². The molecule has 2 aliphatic heterocycles. The van der Waals surface area contributed by atoms with E-state index in [1.54, 1.807) is 0 Å². The maximum Gasteiger partial charge on any atom is 0.162 e. The van der Waals surface area contributed by atoms with E-state index in [-0.39, 0.29) is 12.4 Å². The van der Waals surface area contributed by atoms with E-state index in [4.69, 9.17) is 4.74 Å². The van der Waals surface area contributed by atoms with Gasteiger partial charge in [-0.25, -0.2) is 4.99 Å². The molecule has 176 valence electrons. The van der Waals surface area contributed by atoms with Gasteiger partial charge in [0.05, 0.1) is 38.4 Å². The first-order valence-electron chi connectivity index (χ1n) is 11.4. The van der Waals surface area contributed by atoms with Gasteiger partial charge in [0, 0.05) is 43.0 Å². The quantitative estimate of drug-likeness (QED) is 0.554. The van der Waals surface area contributed by atoms with Crippen LogP contribution in [0.1, 0.15) is 16.7 Å². The van der Waals surface area contributed by atoms with Crippen molar-refractivity contribution >= 4 is 12.0 Å². The van der Waals surface area contributed by atoms with Crippen LogP contribution in [0.5, 0.6) is 0 Å². The third-order valence-electron chi connectivity index (χ3n) is 5.78. The highest BCUT2D eigenvalue weighted by atomic mass is 16.5. The van der Waals surface area contributed by atoms with Gasteiger partial charge in [-0.3, -0.25) is 4.90 Å². The van der Waals surface area contributed by atoms with Gasteiger partial charge in [0.1, 0.15) is 5.70 Å². The summed E-state index contributed by atoms with van der Waals surface area (Å²) in [6.45, 7) is 9.02. The number of hydrogen-bond donors (Lipinski definition) is 3. The number of ether oxygens (including phenoxy) is 1. The van der Waals surface area contributed by atoms with Crippen LogP contribution in [0.2, 0.25) is 0 Å². The molecular weight excluding hydrogens is 428 g/mol. The average molecular weight is 459 g/mol. The fourth-order valence-corrected chi connectivity index (χ4v) is 3.82. The Morgan fingerprint density at radius 3 is 2.32 bits per heavy atom. The van der Waals surface area contributed by atoms with Gasteiger partial charge in [0.15, 0.2) is 5.76 Å². The molecule has 7 heteroatoms. The van der Waals surface area contributed by atoms with Crippen molar-refractivity contribution in [2.24, 2.45) is 4.99 Å². The van der Waals surface area contributed by atoms with Gasteiger partial charge >= 0.3 is 0 Å². The highest BCUT2D eigenvalue weighted by molar-refractivity contribution is 5.64. The molecule has 2 aromatic rings. The largest absolute Gasteiger partial charge is 0.504 e. The summed E-state index contributed by atoms with van der Waals surface area (Å²) in [4.78, 5) is 8.56. The molecular formula is C27H30N4O3. The second-order valence-corrected chi connectivity index (χ2v) is 8.20. The van der Waals surface area contributed by atoms with E-state index < -0.39 is 0 Å². The molecule has 2 heterocycles. The minimum atomic E-state index is -0.0138. The maximum atomic E-state index is 10.2. The van der Waals surface area contributed by atoms with E-state index >= 15 is 0 Å². The summed E-state index contributed by atoms with van der Waals surface area (Å²) in [7, 11) is 0. The Morgan fingerprint density at radius 2 is 1.68 bits per heavy atom. The average Bonchev–Trinajstić information content (AvgIpc) is 2.87. The van der Waals surface area contributed by atoms with Crippen molar-refractivity contribution in [3.8, 4) is 11.8 Å². The summed E-state index contributed by atoms with van der Waals surface area (Å²) in [5.41, 5.74) is 4.98. The van der Waals surface area contributed by atoms with E-state index in [0.29, 0.717) is 24.5 Å². The molecule has 0 saturated carbocycles. The maximum absolute atomic E-state index is 10.2. The molecule has 0 atom stereocenters. The van der Waals surface area contributed by atoms with Gasteiger partial charge < -0.3 is 25.2 Å². The number of morpholine rings is 1. The summed E-state index contributed by atoms with van der Waals surface area (Å²) in [5.74, 6) is 6.48. The second-order valence-electron chi connectivity index (χ2n) is 8.20. The molecule has 2 aliphatic rings. The Labute approximate surface area is 200 Å². The Bertz CT molecular complexity index is 1110. The zero-order valence-corrected chi connectivity index (χ0v) is 19.2. The van der Waals surface area contributed by atoms with Crippen molar-refractivity contribution in [3.63, 3.8) is 0 Å². The molecule has 1 saturated heterocycles. The van der Waals surface area contributed by atoms with Gasteiger partial charge in [0.25, 0.3) is 0 Å². The van der Waals surface area contributed by atoms with Crippen LogP contribution in [-0.4, -0.2) is 67.5 Å². The van der Waals surface area contributed by atoms with E-state index in [2.05, 4.69) is 57.9 Å². The van der Waals surface area contributed by atoms with E-state index in [9.17, 15) is 10.2 Å². The Balaban J connectivity index is 1.39. The molecule has 34 heavy (non-hydrogen) atoms. The standard InChI is InChI=1S/C27H30N4O3/c1-21-27(33)26(29-20-28-21)19-31(12-15-32)25-10-8-23(9-11-25)3-2-22-4-6-24(7-5-22)18-30-13-16-34-17-14-30/h4-11,20,32-33H,1,12-19H2,(H,28,29). The highest BCUT2D eigenvalue weighted by Gasteiger charge is 2.16. The fourth-order valence-electron chi connectivity index (χ4n) is 3.82. The fraction of sp³-hybridized carbons (Fsp3) is 0.296. The third-order valence-corrected chi connectivity index (χ3v) is 5.78. The number of hydrogen-bond acceptors (Lipinski definition) is 7. The topological polar surface area (TPSA) is 80.6 Å². The Hall–Kier alpha value is -3.57. The van der Waals surface area contributed by atoms with Crippen LogP contribution >= 0.6 is 0 Å². The molecule has 0 unspecified atom stereocenters. The number of aliphatic hydroxyl groups is 2. The van der Waals surface area contributed by atoms with E-state index in [1.807, 2.05) is 29.2 Å². The molecule has 0 aliphatic carbocycles. The van der Waals surface area contributed by atoms with Crippen molar-refractivity contribution in [1.29, 1.82) is 0 Å². The van der Waals surface area contributed by atoms with Gasteiger partial charge in [-0.05, 0) is 42.0 Å². The molecule has 3 N–H and O–H groups in total. The van der Waals surface area contributed by atoms with Crippen molar-refractivity contribution in [2.75, 3.05) is 50.9 Å². The molecule has 1 fully saturated rings. The Morgan fingerprint density at radius 1 is 1.03 bits per heavy atom. The number of rotatable bonds is 7. The molecule has 0 bridgehead atoms. The first-order chi connectivity index (χ1) is 16.6. The number of anilines is 1. The van der Waals surface area contributed by atoms with Gasteiger partial charge in [-0.15, -0.1) is 0 Å². The zero-order valence-electron chi connectivity index (χ0n) is 19.2. The minimum absolute atomic E-state index is 0.0138. The number of nitrogens with one attached hydrogen (secondary N) is 1. The summed E-state index contributed by atoms with van der Waals surface area (Å²) in [5, 5.41) is 22.5. The molecule has 0 aromatic heterocycles. The second kappa shape index (κ2) is 11.5. The monoisotopic (exact) mass is 458 g/mol. The lowest BCUT2D eigenvalue weighted by Crippen LogP contribution is -2.35. The van der Waals surface area contributed by atoms with Crippen LogP contribution < -0.4 is 10.2 Å². The number of benzene rings is 2. The summed E-state index contributed by atoms with van der Waals surface area (Å²) >= 11 is 0. The van der Waals surface area contributed by atoms with Crippen LogP contribution in [0.3, 0.4) is 0 Å². The van der Waals surface area contributed by atoms with E-state index in [0.717, 1.165) is 49.7 Å². The molecule has 4 rings (SSSR count). The molecule has 0 amide bonds. The van der Waals surface area contributed by atoms with Crippen molar-refractivity contribution in [2.45, 2.75) is 6.54 Å². The van der Waals surface area contributed by atoms with Gasteiger partial charge in [-0.2, -0.15) is 0 Å². The van der Waals surface area contributed by atoms with Crippen molar-refractivity contribution in [3.05, 3.63) is 89.0 Å². The summed E-state index contributed by atoms with van der Waals surface area (Å²) in [6.07, 6.45) is 1.50. The number of aliphatic imine (C=N–C) groups is 1. The molecule has 0 spiro atoms. The van der Waals surface area contributed by atoms with Crippen LogP contribution in [-0.2, 0) is 11.3 Å². The SMILES string of the molecule is C=C1NC=NC(CN(CCO)c2ccc(C#Cc3ccc(CN4CCOCC4)cc3)cc2)=C1O. The Kier molecular flexibility index (Phi) is 7.99. The van der Waals surface area contributed by atoms with Crippen LogP contribution in [0, 0.1) is 11.8 Å². The lowest BCUT2D eigenvalue weighted by atomic mass is 10.1. The predicted molar refractivity (Wildman–Crippen MR) is 135 cm³/mol. The first-order valence-corrected chi connectivity index (χ1v) is 11.4. The third kappa shape index (κ3) is 6.27. The van der Waals surface area contributed by atoms with Crippen LogP contribution in [0.25, 0.3) is 0 Å². The van der Waals surface area contributed by atoms with Gasteiger partial charge in [0.2, 0.25) is 0 Å². The molecule has 7 nitrogen and oxygen atoms in total. The zero-order chi connectivity index (χ0) is 23.8. The summed E-state index contributed by atoms with van der Waals surface area (Å²) in [6, 6.07) is 16.2. The van der Waals surface area contributed by atoms with Crippen LogP contribution in [0.4, 0.5) is 5.69 Å². The predicted octanol–water partition coefficient (Wildman–Crippen LogP) is 2.63. The van der Waals surface area contributed by atoms with Crippen molar-refractivity contribution < 1.29 is 14.9 Å². The molecule has 0 radical (unpaired) electrons. The number of aliphatic hydroxyl groups excluding tert-OH is 2. The number of nitrogens with zero attached hydrogens (tertiary/aromatic N) is 3. The first kappa shape index (κ1) is 23.6. The summed E-state index contributed by atoms with van der Waals surface area (Å²) < 4.78 is 5.41. The normalized spacial score (nSPS) is 16.1. The highest BCUT2D eigenvalue weighted by Crippen LogP contribution is 2.20. The lowest BCUT2D eigenvalue weighted by Gasteiger charge is -2.26. The minimum Gasteiger partial charge on any atom is -0.504 e. The smallest absolute Gasteiger partial charge is 0.162 e. The van der Waals surface area contributed by atoms with E-state index in [1.165, 1.54) is 11.9 Å². The molecule has 2 aromatic carbocycles. The lowest BCUT2D eigenvalue weighted by molar-refractivity contribution is 0.0342.